The van der Waals surface area contributed by atoms with Crippen LogP contribution in [0.2, 0.25) is 0 Å². The Morgan fingerprint density at radius 3 is 2.79 bits per heavy atom. The molecular formula is C23H30O5. The summed E-state index contributed by atoms with van der Waals surface area (Å²) in [6.45, 7) is 3.93. The molecule has 0 spiro atoms. The first kappa shape index (κ1) is 20.6. The van der Waals surface area contributed by atoms with Gasteiger partial charge in [0.05, 0.1) is 17.6 Å². The molecule has 1 aromatic carbocycles. The van der Waals surface area contributed by atoms with Gasteiger partial charge in [0.1, 0.15) is 12.2 Å². The van der Waals surface area contributed by atoms with Crippen molar-refractivity contribution >= 4 is 11.9 Å². The molecule has 0 amide bonds. The summed E-state index contributed by atoms with van der Waals surface area (Å²) in [4.78, 5) is 24.2. The van der Waals surface area contributed by atoms with Crippen molar-refractivity contribution in [3.8, 4) is 0 Å². The highest BCUT2D eigenvalue weighted by Gasteiger charge is 2.50. The Bertz CT molecular complexity index is 709. The van der Waals surface area contributed by atoms with Gasteiger partial charge in [0.2, 0.25) is 0 Å². The molecule has 1 N–H and O–H groups in total. The van der Waals surface area contributed by atoms with Crippen LogP contribution in [0, 0.1) is 11.8 Å². The Morgan fingerprint density at radius 2 is 2.07 bits per heavy atom. The van der Waals surface area contributed by atoms with Crippen molar-refractivity contribution in [2.45, 2.75) is 70.2 Å². The summed E-state index contributed by atoms with van der Waals surface area (Å²) in [5, 5.41) is 10.6. The average Bonchev–Trinajstić information content (AvgIpc) is 3.16. The van der Waals surface area contributed by atoms with Gasteiger partial charge in [-0.2, -0.15) is 0 Å². The highest BCUT2D eigenvalue weighted by atomic mass is 16.6. The standard InChI is InChI=1S/C23H30O5/c1-3-4-8-12-23(2,26)13-11-17-18-14-21(24)27-20(18)15-19(17)28-22(25)16-9-6-5-7-10-16/h5-7,9-11,13,17-20,26H,3-4,8,12,14-15H2,1-2H3. The van der Waals surface area contributed by atoms with Gasteiger partial charge >= 0.3 is 11.9 Å². The van der Waals surface area contributed by atoms with Gasteiger partial charge < -0.3 is 14.6 Å². The summed E-state index contributed by atoms with van der Waals surface area (Å²) < 4.78 is 11.2. The third kappa shape index (κ3) is 5.02. The van der Waals surface area contributed by atoms with Crippen LogP contribution in [0.25, 0.3) is 0 Å². The second kappa shape index (κ2) is 8.91. The number of hydrogen-bond donors (Lipinski definition) is 1. The van der Waals surface area contributed by atoms with Crippen LogP contribution in [-0.4, -0.2) is 34.9 Å². The zero-order valence-electron chi connectivity index (χ0n) is 16.7. The van der Waals surface area contributed by atoms with Crippen LogP contribution in [0.4, 0.5) is 0 Å². The Labute approximate surface area is 166 Å². The maximum absolute atomic E-state index is 12.5. The molecule has 5 atom stereocenters. The molecule has 2 aliphatic rings. The Hall–Kier alpha value is -2.14. The molecule has 5 unspecified atom stereocenters. The fourth-order valence-electron chi connectivity index (χ4n) is 4.20. The normalized spacial score (nSPS) is 28.8. The molecule has 5 nitrogen and oxygen atoms in total. The molecular weight excluding hydrogens is 356 g/mol. The van der Waals surface area contributed by atoms with Crippen LogP contribution in [0.5, 0.6) is 0 Å². The maximum atomic E-state index is 12.5. The first-order valence-electron chi connectivity index (χ1n) is 10.3. The highest BCUT2D eigenvalue weighted by molar-refractivity contribution is 5.89. The topological polar surface area (TPSA) is 72.8 Å². The number of rotatable bonds is 8. The average molecular weight is 386 g/mol. The van der Waals surface area contributed by atoms with Gasteiger partial charge in [0.15, 0.2) is 0 Å². The molecule has 2 fully saturated rings. The SMILES string of the molecule is CCCCCC(C)(O)C=CC1C(OC(=O)c2ccccc2)CC2OC(=O)CC21. The first-order valence-corrected chi connectivity index (χ1v) is 10.3. The lowest BCUT2D eigenvalue weighted by Crippen LogP contribution is -2.26. The summed E-state index contributed by atoms with van der Waals surface area (Å²) in [7, 11) is 0. The molecule has 3 rings (SSSR count). The van der Waals surface area contributed by atoms with E-state index in [-0.39, 0.29) is 36.0 Å². The number of unbranched alkanes of at least 4 members (excludes halogenated alkanes) is 2. The zero-order chi connectivity index (χ0) is 20.1. The van der Waals surface area contributed by atoms with E-state index in [9.17, 15) is 14.7 Å². The van der Waals surface area contributed by atoms with E-state index in [2.05, 4.69) is 6.92 Å². The molecule has 5 heteroatoms. The minimum Gasteiger partial charge on any atom is -0.462 e. The second-order valence-electron chi connectivity index (χ2n) is 8.19. The summed E-state index contributed by atoms with van der Waals surface area (Å²) in [5.41, 5.74) is -0.407. The number of hydrogen-bond acceptors (Lipinski definition) is 5. The molecule has 0 bridgehead atoms. The summed E-state index contributed by atoms with van der Waals surface area (Å²) in [6, 6.07) is 8.89. The minimum absolute atomic E-state index is 0.0104. The van der Waals surface area contributed by atoms with Crippen molar-refractivity contribution in [2.75, 3.05) is 0 Å². The van der Waals surface area contributed by atoms with Crippen molar-refractivity contribution in [3.05, 3.63) is 48.0 Å². The molecule has 1 saturated carbocycles. The molecule has 1 aromatic rings. The Balaban J connectivity index is 1.71. The lowest BCUT2D eigenvalue weighted by atomic mass is 9.89. The highest BCUT2D eigenvalue weighted by Crippen LogP contribution is 2.44. The van der Waals surface area contributed by atoms with Crippen LogP contribution in [-0.2, 0) is 14.3 Å². The lowest BCUT2D eigenvalue weighted by molar-refractivity contribution is -0.141. The van der Waals surface area contributed by atoms with Crippen LogP contribution >= 0.6 is 0 Å². The Kier molecular flexibility index (Phi) is 6.55. The van der Waals surface area contributed by atoms with Crippen molar-refractivity contribution in [2.24, 2.45) is 11.8 Å². The maximum Gasteiger partial charge on any atom is 0.338 e. The monoisotopic (exact) mass is 386 g/mol. The predicted octanol–water partition coefficient (Wildman–Crippen LogP) is 4.05. The van der Waals surface area contributed by atoms with Gasteiger partial charge in [-0.1, -0.05) is 56.5 Å². The quantitative estimate of drug-likeness (QED) is 0.414. The minimum atomic E-state index is -0.912. The first-order chi connectivity index (χ1) is 13.4. The zero-order valence-corrected chi connectivity index (χ0v) is 16.7. The molecule has 28 heavy (non-hydrogen) atoms. The number of fused-ring (bicyclic) bond motifs is 1. The van der Waals surface area contributed by atoms with E-state index in [1.54, 1.807) is 31.2 Å². The molecule has 0 radical (unpaired) electrons. The third-order valence-electron chi connectivity index (χ3n) is 5.78. The van der Waals surface area contributed by atoms with E-state index in [4.69, 9.17) is 9.47 Å². The van der Waals surface area contributed by atoms with E-state index in [1.807, 2.05) is 18.2 Å². The third-order valence-corrected chi connectivity index (χ3v) is 5.78. The number of esters is 2. The van der Waals surface area contributed by atoms with Crippen molar-refractivity contribution in [1.29, 1.82) is 0 Å². The van der Waals surface area contributed by atoms with Gasteiger partial charge in [0.25, 0.3) is 0 Å². The van der Waals surface area contributed by atoms with E-state index in [0.29, 0.717) is 24.8 Å². The smallest absolute Gasteiger partial charge is 0.338 e. The van der Waals surface area contributed by atoms with Crippen LogP contribution in [0.15, 0.2) is 42.5 Å². The summed E-state index contributed by atoms with van der Waals surface area (Å²) >= 11 is 0. The fourth-order valence-corrected chi connectivity index (χ4v) is 4.20. The van der Waals surface area contributed by atoms with Crippen molar-refractivity contribution < 1.29 is 24.2 Å². The molecule has 1 saturated heterocycles. The number of ether oxygens (including phenoxy) is 2. The summed E-state index contributed by atoms with van der Waals surface area (Å²) in [6.07, 6.45) is 7.81. The van der Waals surface area contributed by atoms with Gasteiger partial charge in [-0.15, -0.1) is 0 Å². The molecule has 1 aliphatic carbocycles. The number of carbonyl (C=O) groups is 2. The van der Waals surface area contributed by atoms with E-state index >= 15 is 0 Å². The number of aliphatic hydroxyl groups is 1. The molecule has 1 aliphatic heterocycles. The van der Waals surface area contributed by atoms with Crippen LogP contribution < -0.4 is 0 Å². The van der Waals surface area contributed by atoms with Gasteiger partial charge in [-0.25, -0.2) is 4.79 Å². The predicted molar refractivity (Wildman–Crippen MR) is 106 cm³/mol. The summed E-state index contributed by atoms with van der Waals surface area (Å²) in [5.74, 6) is -0.716. The van der Waals surface area contributed by atoms with Gasteiger partial charge in [-0.3, -0.25) is 4.79 Å². The lowest BCUT2D eigenvalue weighted by Gasteiger charge is -2.23. The molecule has 152 valence electrons. The van der Waals surface area contributed by atoms with Crippen molar-refractivity contribution in [3.63, 3.8) is 0 Å². The van der Waals surface area contributed by atoms with Gasteiger partial charge in [0, 0.05) is 18.3 Å². The number of carbonyl (C=O) groups excluding carboxylic acids is 2. The van der Waals surface area contributed by atoms with E-state index in [0.717, 1.165) is 19.3 Å². The largest absolute Gasteiger partial charge is 0.462 e. The van der Waals surface area contributed by atoms with Crippen LogP contribution in [0.1, 0.15) is 62.7 Å². The van der Waals surface area contributed by atoms with E-state index in [1.165, 1.54) is 0 Å². The molecule has 0 aromatic heterocycles. The van der Waals surface area contributed by atoms with Crippen molar-refractivity contribution in [1.82, 2.24) is 0 Å². The molecule has 1 heterocycles. The fraction of sp³-hybridized carbons (Fsp3) is 0.565. The Morgan fingerprint density at radius 1 is 1.32 bits per heavy atom. The second-order valence-corrected chi connectivity index (χ2v) is 8.19. The van der Waals surface area contributed by atoms with Crippen LogP contribution in [0.3, 0.4) is 0 Å². The van der Waals surface area contributed by atoms with E-state index < -0.39 is 5.60 Å². The number of benzene rings is 1. The van der Waals surface area contributed by atoms with Gasteiger partial charge in [-0.05, 0) is 25.5 Å².